The minimum Gasteiger partial charge on any atom is -1.00 e. The van der Waals surface area contributed by atoms with Gasteiger partial charge in [0.25, 0.3) is 0 Å². The molecule has 2 aliphatic heterocycles. The van der Waals surface area contributed by atoms with Crippen molar-refractivity contribution in [1.82, 2.24) is 14.4 Å². The predicted molar refractivity (Wildman–Crippen MR) is 59.7 cm³/mol. The molecule has 5 heteroatoms. The summed E-state index contributed by atoms with van der Waals surface area (Å²) in [5.74, 6) is 0. The maximum absolute atomic E-state index is 3.35. The van der Waals surface area contributed by atoms with Crippen molar-refractivity contribution >= 4 is 0 Å². The van der Waals surface area contributed by atoms with E-state index in [-0.39, 0.29) is 24.0 Å². The fourth-order valence-corrected chi connectivity index (χ4v) is 2.19. The Balaban J connectivity index is 0.00000108. The predicted octanol–water partition coefficient (Wildman–Crippen LogP) is -2.34. The number of fused-ring (bicyclic) bond motifs is 4. The first-order valence-electron chi connectivity index (χ1n) is 5.93. The number of hydrogen-bond acceptors (Lipinski definition) is 2. The zero-order chi connectivity index (χ0) is 10.8. The van der Waals surface area contributed by atoms with Crippen molar-refractivity contribution in [3.05, 3.63) is 37.8 Å². The molecule has 4 bridgehead atoms. The summed E-state index contributed by atoms with van der Waals surface area (Å²) in [4.78, 5) is 4.30. The summed E-state index contributed by atoms with van der Waals surface area (Å²) in [6, 6.07) is 0. The summed E-state index contributed by atoms with van der Waals surface area (Å²) in [6.07, 6.45) is 13.1. The molecule has 0 spiro atoms. The second-order valence-corrected chi connectivity index (χ2v) is 4.38. The molecule has 0 aromatic carbocycles. The molecule has 0 atom stereocenters. The van der Waals surface area contributed by atoms with Crippen LogP contribution >= 0.6 is 0 Å². The van der Waals surface area contributed by atoms with Crippen LogP contribution in [0.25, 0.3) is 0 Å². The SMILES string of the molecule is [C]1N2C=CN1CCC[n+]1ccn(c1)CCC2.[I-]. The van der Waals surface area contributed by atoms with Crippen LogP contribution in [0, 0.1) is 6.67 Å². The second kappa shape index (κ2) is 5.75. The van der Waals surface area contributed by atoms with E-state index in [1.54, 1.807) is 0 Å². The number of aryl methyl sites for hydroxylation is 2. The van der Waals surface area contributed by atoms with E-state index in [0.717, 1.165) is 39.0 Å². The second-order valence-electron chi connectivity index (χ2n) is 4.38. The van der Waals surface area contributed by atoms with E-state index in [9.17, 15) is 0 Å². The van der Waals surface area contributed by atoms with Gasteiger partial charge in [0.2, 0.25) is 13.0 Å². The van der Waals surface area contributed by atoms with Crippen LogP contribution in [0.15, 0.2) is 31.1 Å². The highest BCUT2D eigenvalue weighted by molar-refractivity contribution is 4.96. The molecular weight excluding hydrogens is 327 g/mol. The number of rotatable bonds is 0. The fourth-order valence-electron chi connectivity index (χ4n) is 2.19. The minimum atomic E-state index is 0. The molecule has 0 aliphatic carbocycles. The first-order chi connectivity index (χ1) is 7.90. The average Bonchev–Trinajstić information content (AvgIpc) is 2.88. The Hall–Kier alpha value is -0.720. The van der Waals surface area contributed by atoms with Gasteiger partial charge < -0.3 is 33.8 Å². The van der Waals surface area contributed by atoms with Crippen LogP contribution in [0.5, 0.6) is 0 Å². The molecule has 3 rings (SSSR count). The van der Waals surface area contributed by atoms with Crippen LogP contribution < -0.4 is 28.5 Å². The third kappa shape index (κ3) is 3.14. The molecule has 1 aromatic rings. The Labute approximate surface area is 120 Å². The fraction of sp³-hybridized carbons (Fsp3) is 0.500. The molecule has 0 amide bonds. The van der Waals surface area contributed by atoms with Crippen molar-refractivity contribution in [3.8, 4) is 0 Å². The molecule has 2 aliphatic rings. The van der Waals surface area contributed by atoms with Gasteiger partial charge in [-0.25, -0.2) is 9.13 Å². The van der Waals surface area contributed by atoms with Crippen molar-refractivity contribution in [2.75, 3.05) is 13.1 Å². The molecule has 17 heavy (non-hydrogen) atoms. The molecule has 2 radical (unpaired) electrons. The Morgan fingerprint density at radius 3 is 2.59 bits per heavy atom. The lowest BCUT2D eigenvalue weighted by Gasteiger charge is -2.18. The van der Waals surface area contributed by atoms with Crippen LogP contribution in [-0.2, 0) is 13.1 Å². The number of aromatic nitrogens is 2. The number of halogens is 1. The molecule has 0 unspecified atom stereocenters. The molecule has 0 fully saturated rings. The van der Waals surface area contributed by atoms with E-state index in [4.69, 9.17) is 0 Å². The topological polar surface area (TPSA) is 15.3 Å². The normalized spacial score (nSPS) is 19.5. The highest BCUT2D eigenvalue weighted by Gasteiger charge is 2.15. The Bertz CT molecular complexity index is 355. The van der Waals surface area contributed by atoms with Gasteiger partial charge >= 0.3 is 0 Å². The summed E-state index contributed by atoms with van der Waals surface area (Å²) < 4.78 is 4.53. The summed E-state index contributed by atoms with van der Waals surface area (Å²) in [5, 5.41) is 0. The van der Waals surface area contributed by atoms with Crippen LogP contribution in [0.3, 0.4) is 0 Å². The third-order valence-corrected chi connectivity index (χ3v) is 3.06. The van der Waals surface area contributed by atoms with Gasteiger partial charge in [0.1, 0.15) is 12.4 Å². The lowest BCUT2D eigenvalue weighted by Crippen LogP contribution is -3.00. The molecule has 3 heterocycles. The van der Waals surface area contributed by atoms with Crippen molar-refractivity contribution in [1.29, 1.82) is 0 Å². The number of nitrogens with zero attached hydrogens (tertiary/aromatic N) is 4. The summed E-state index contributed by atoms with van der Waals surface area (Å²) in [5.41, 5.74) is 0. The van der Waals surface area contributed by atoms with Crippen molar-refractivity contribution < 1.29 is 28.5 Å². The first kappa shape index (κ1) is 12.7. The number of imidazole rings is 1. The van der Waals surface area contributed by atoms with Gasteiger partial charge in [-0.1, -0.05) is 0 Å². The van der Waals surface area contributed by atoms with Gasteiger partial charge in [-0.2, -0.15) is 0 Å². The van der Waals surface area contributed by atoms with Gasteiger partial charge in [-0.15, -0.1) is 0 Å². The first-order valence-corrected chi connectivity index (χ1v) is 5.93. The molecule has 0 saturated carbocycles. The van der Waals surface area contributed by atoms with Crippen LogP contribution in [0.2, 0.25) is 0 Å². The molecule has 92 valence electrons. The molecular formula is C12H17IN4. The molecule has 0 N–H and O–H groups in total. The summed E-state index contributed by atoms with van der Waals surface area (Å²) in [6.45, 7) is 7.61. The van der Waals surface area contributed by atoms with Crippen LogP contribution in [-0.4, -0.2) is 27.5 Å². The number of hydrogen-bond donors (Lipinski definition) is 0. The van der Waals surface area contributed by atoms with Gasteiger partial charge in [0, 0.05) is 38.3 Å². The van der Waals surface area contributed by atoms with E-state index in [1.807, 2.05) is 0 Å². The molecule has 4 nitrogen and oxygen atoms in total. The third-order valence-electron chi connectivity index (χ3n) is 3.06. The Morgan fingerprint density at radius 2 is 1.76 bits per heavy atom. The van der Waals surface area contributed by atoms with Crippen molar-refractivity contribution in [2.45, 2.75) is 25.9 Å². The van der Waals surface area contributed by atoms with Crippen LogP contribution in [0.1, 0.15) is 12.8 Å². The highest BCUT2D eigenvalue weighted by atomic mass is 127. The van der Waals surface area contributed by atoms with Crippen molar-refractivity contribution in [2.24, 2.45) is 0 Å². The van der Waals surface area contributed by atoms with E-state index in [0.29, 0.717) is 0 Å². The van der Waals surface area contributed by atoms with E-state index < -0.39 is 0 Å². The van der Waals surface area contributed by atoms with Crippen LogP contribution in [0.4, 0.5) is 0 Å². The lowest BCUT2D eigenvalue weighted by atomic mass is 10.4. The minimum absolute atomic E-state index is 0. The van der Waals surface area contributed by atoms with Gasteiger partial charge in [-0.3, -0.25) is 0 Å². The monoisotopic (exact) mass is 344 g/mol. The van der Waals surface area contributed by atoms with E-state index in [2.05, 4.69) is 56.7 Å². The zero-order valence-corrected chi connectivity index (χ0v) is 12.0. The van der Waals surface area contributed by atoms with Gasteiger partial charge in [0.05, 0.1) is 13.1 Å². The standard InChI is InChI=1S/C12H17N4.HI/c1-3-13-7-9-15(11-13)5-2-6-16-10-8-14(4-1)12-16;/h7-11H,1-6H2;1H/q+1;/p-1. The zero-order valence-electron chi connectivity index (χ0n) is 9.80. The smallest absolute Gasteiger partial charge is 0.243 e. The maximum atomic E-state index is 3.35. The summed E-state index contributed by atoms with van der Waals surface area (Å²) in [7, 11) is 0. The Morgan fingerprint density at radius 1 is 1.00 bits per heavy atom. The van der Waals surface area contributed by atoms with Crippen molar-refractivity contribution in [3.63, 3.8) is 0 Å². The quantitative estimate of drug-likeness (QED) is 0.387. The lowest BCUT2D eigenvalue weighted by molar-refractivity contribution is -0.696. The van der Waals surface area contributed by atoms with E-state index in [1.165, 1.54) is 0 Å². The average molecular weight is 344 g/mol. The highest BCUT2D eigenvalue weighted by Crippen LogP contribution is 2.12. The van der Waals surface area contributed by atoms with E-state index >= 15 is 0 Å². The van der Waals surface area contributed by atoms with Gasteiger partial charge in [-0.05, 0) is 0 Å². The maximum Gasteiger partial charge on any atom is 0.243 e. The Kier molecular flexibility index (Phi) is 4.31. The molecule has 0 saturated heterocycles. The largest absolute Gasteiger partial charge is 1.00 e. The molecule has 1 aromatic heterocycles. The van der Waals surface area contributed by atoms with Gasteiger partial charge in [0.15, 0.2) is 0 Å². The summed E-state index contributed by atoms with van der Waals surface area (Å²) >= 11 is 0.